The summed E-state index contributed by atoms with van der Waals surface area (Å²) in [6.07, 6.45) is 10.1. The van der Waals surface area contributed by atoms with Crippen LogP contribution in [0.5, 0.6) is 0 Å². The van der Waals surface area contributed by atoms with Gasteiger partial charge in [-0.1, -0.05) is 51.2 Å². The zero-order chi connectivity index (χ0) is 14.6. The topological polar surface area (TPSA) is 55.1 Å². The molecule has 4 heteroatoms. The third-order valence-corrected chi connectivity index (χ3v) is 5.60. The Morgan fingerprint density at radius 3 is 2.55 bits per heavy atom. The lowest BCUT2D eigenvalue weighted by Gasteiger charge is -2.35. The molecule has 2 saturated carbocycles. The van der Waals surface area contributed by atoms with Crippen LogP contribution in [-0.4, -0.2) is 17.4 Å². The average molecular weight is 296 g/mol. The van der Waals surface area contributed by atoms with Crippen LogP contribution >= 0.6 is 12.2 Å². The van der Waals surface area contributed by atoms with E-state index >= 15 is 0 Å². The minimum absolute atomic E-state index is 0.0860. The molecule has 0 aliphatic heterocycles. The molecule has 0 saturated heterocycles. The third kappa shape index (κ3) is 3.51. The van der Waals surface area contributed by atoms with Crippen LogP contribution in [0.1, 0.15) is 64.7 Å². The van der Waals surface area contributed by atoms with Gasteiger partial charge in [0, 0.05) is 6.54 Å². The molecular formula is C16H28N2OS. The minimum atomic E-state index is -0.562. The maximum Gasteiger partial charge on any atom is 0.233 e. The standard InChI is InChI=1S/C16H28N2OS/c1-12-6-5-7-13(10-12)11-18-15(19)16(14(17)20)8-3-2-4-9-16/h12-13H,2-11H2,1H3,(H2,17,20)(H,18,19). The summed E-state index contributed by atoms with van der Waals surface area (Å²) in [5.74, 6) is 1.52. The lowest BCUT2D eigenvalue weighted by Crippen LogP contribution is -2.51. The summed E-state index contributed by atoms with van der Waals surface area (Å²) in [4.78, 5) is 13.0. The molecule has 0 heterocycles. The number of amides is 1. The molecule has 2 atom stereocenters. The van der Waals surface area contributed by atoms with Gasteiger partial charge in [-0.25, -0.2) is 0 Å². The van der Waals surface area contributed by atoms with Crippen molar-refractivity contribution in [2.24, 2.45) is 23.0 Å². The first-order valence-electron chi connectivity index (χ1n) is 8.13. The zero-order valence-corrected chi connectivity index (χ0v) is 13.4. The van der Waals surface area contributed by atoms with Crippen LogP contribution in [-0.2, 0) is 4.79 Å². The summed E-state index contributed by atoms with van der Waals surface area (Å²) < 4.78 is 0. The summed E-state index contributed by atoms with van der Waals surface area (Å²) in [6.45, 7) is 3.11. The first kappa shape index (κ1) is 15.7. The van der Waals surface area contributed by atoms with Gasteiger partial charge in [0.1, 0.15) is 0 Å². The smallest absolute Gasteiger partial charge is 0.233 e. The van der Waals surface area contributed by atoms with Crippen LogP contribution in [0.25, 0.3) is 0 Å². The Morgan fingerprint density at radius 2 is 1.95 bits per heavy atom. The molecule has 1 amide bonds. The van der Waals surface area contributed by atoms with Crippen LogP contribution in [0, 0.1) is 17.3 Å². The van der Waals surface area contributed by atoms with Gasteiger partial charge in [-0.05, 0) is 37.5 Å². The summed E-state index contributed by atoms with van der Waals surface area (Å²) in [5.41, 5.74) is 5.34. The number of carbonyl (C=O) groups is 1. The fraction of sp³-hybridized carbons (Fsp3) is 0.875. The van der Waals surface area contributed by atoms with Crippen molar-refractivity contribution in [1.29, 1.82) is 0 Å². The zero-order valence-electron chi connectivity index (χ0n) is 12.6. The van der Waals surface area contributed by atoms with E-state index in [1.807, 2.05) is 0 Å². The van der Waals surface area contributed by atoms with Crippen molar-refractivity contribution in [2.75, 3.05) is 6.54 Å². The minimum Gasteiger partial charge on any atom is -0.392 e. The molecule has 3 nitrogen and oxygen atoms in total. The summed E-state index contributed by atoms with van der Waals surface area (Å²) in [7, 11) is 0. The van der Waals surface area contributed by atoms with Crippen molar-refractivity contribution in [3.8, 4) is 0 Å². The molecule has 0 aromatic carbocycles. The van der Waals surface area contributed by atoms with Crippen molar-refractivity contribution in [3.63, 3.8) is 0 Å². The molecule has 20 heavy (non-hydrogen) atoms. The van der Waals surface area contributed by atoms with Crippen molar-refractivity contribution in [1.82, 2.24) is 5.32 Å². The lowest BCUT2D eigenvalue weighted by atomic mass is 9.73. The molecular weight excluding hydrogens is 268 g/mol. The van der Waals surface area contributed by atoms with Gasteiger partial charge in [-0.2, -0.15) is 0 Å². The van der Waals surface area contributed by atoms with Gasteiger partial charge in [0.15, 0.2) is 0 Å². The molecule has 2 unspecified atom stereocenters. The molecule has 2 aliphatic rings. The van der Waals surface area contributed by atoms with Crippen LogP contribution in [0.15, 0.2) is 0 Å². The molecule has 3 N–H and O–H groups in total. The van der Waals surface area contributed by atoms with Crippen LogP contribution < -0.4 is 11.1 Å². The summed E-state index contributed by atoms with van der Waals surface area (Å²) in [6, 6.07) is 0. The fourth-order valence-corrected chi connectivity index (χ4v) is 4.19. The second-order valence-electron chi connectivity index (χ2n) is 6.85. The number of hydrogen-bond donors (Lipinski definition) is 2. The van der Waals surface area contributed by atoms with E-state index in [4.69, 9.17) is 18.0 Å². The number of rotatable bonds is 4. The largest absolute Gasteiger partial charge is 0.392 e. The monoisotopic (exact) mass is 296 g/mol. The van der Waals surface area contributed by atoms with Crippen molar-refractivity contribution in [3.05, 3.63) is 0 Å². The molecule has 0 spiro atoms. The Hall–Kier alpha value is -0.640. The van der Waals surface area contributed by atoms with Crippen molar-refractivity contribution in [2.45, 2.75) is 64.7 Å². The summed E-state index contributed by atoms with van der Waals surface area (Å²) in [5, 5.41) is 3.16. The highest BCUT2D eigenvalue weighted by molar-refractivity contribution is 7.80. The van der Waals surface area contributed by atoms with E-state index in [0.717, 1.165) is 38.1 Å². The molecule has 2 aliphatic carbocycles. The Bertz CT molecular complexity index is 363. The second-order valence-corrected chi connectivity index (χ2v) is 7.29. The Balaban J connectivity index is 1.90. The molecule has 0 bridgehead atoms. The number of nitrogens with two attached hydrogens (primary N) is 1. The van der Waals surface area contributed by atoms with E-state index in [9.17, 15) is 4.79 Å². The van der Waals surface area contributed by atoms with Crippen molar-refractivity contribution >= 4 is 23.1 Å². The third-order valence-electron chi connectivity index (χ3n) is 5.21. The van der Waals surface area contributed by atoms with Crippen LogP contribution in [0.3, 0.4) is 0 Å². The number of hydrogen-bond acceptors (Lipinski definition) is 2. The van der Waals surface area contributed by atoms with Gasteiger partial charge in [0.25, 0.3) is 0 Å². The predicted molar refractivity (Wildman–Crippen MR) is 86.4 cm³/mol. The van der Waals surface area contributed by atoms with Gasteiger partial charge < -0.3 is 11.1 Å². The maximum absolute atomic E-state index is 12.6. The van der Waals surface area contributed by atoms with E-state index in [0.29, 0.717) is 10.9 Å². The van der Waals surface area contributed by atoms with Crippen LogP contribution in [0.4, 0.5) is 0 Å². The SMILES string of the molecule is CC1CCCC(CNC(=O)C2(C(N)=S)CCCCC2)C1. The highest BCUT2D eigenvalue weighted by Gasteiger charge is 2.42. The van der Waals surface area contributed by atoms with Gasteiger partial charge in [0.05, 0.1) is 10.4 Å². The van der Waals surface area contributed by atoms with Crippen molar-refractivity contribution < 1.29 is 4.79 Å². The van der Waals surface area contributed by atoms with Crippen LogP contribution in [0.2, 0.25) is 0 Å². The Kier molecular flexibility index (Phi) is 5.42. The van der Waals surface area contributed by atoms with E-state index in [2.05, 4.69) is 12.2 Å². The van der Waals surface area contributed by atoms with Gasteiger partial charge in [-0.15, -0.1) is 0 Å². The molecule has 2 rings (SSSR count). The fourth-order valence-electron chi connectivity index (χ4n) is 3.89. The second kappa shape index (κ2) is 6.88. The lowest BCUT2D eigenvalue weighted by molar-refractivity contribution is -0.129. The molecule has 2 fully saturated rings. The maximum atomic E-state index is 12.6. The molecule has 0 radical (unpaired) electrons. The highest BCUT2D eigenvalue weighted by atomic mass is 32.1. The van der Waals surface area contributed by atoms with Gasteiger partial charge >= 0.3 is 0 Å². The first-order chi connectivity index (χ1) is 9.54. The normalized spacial score (nSPS) is 29.6. The molecule has 114 valence electrons. The van der Waals surface area contributed by atoms with E-state index in [1.54, 1.807) is 0 Å². The quantitative estimate of drug-likeness (QED) is 0.784. The molecule has 0 aromatic rings. The van der Waals surface area contributed by atoms with E-state index < -0.39 is 5.41 Å². The Labute approximate surface area is 128 Å². The van der Waals surface area contributed by atoms with Gasteiger partial charge in [-0.3, -0.25) is 4.79 Å². The average Bonchev–Trinajstić information content (AvgIpc) is 2.45. The first-order valence-corrected chi connectivity index (χ1v) is 8.53. The van der Waals surface area contributed by atoms with Gasteiger partial charge in [0.2, 0.25) is 5.91 Å². The number of nitrogens with one attached hydrogen (secondary N) is 1. The van der Waals surface area contributed by atoms with E-state index in [-0.39, 0.29) is 5.91 Å². The predicted octanol–water partition coefficient (Wildman–Crippen LogP) is 3.17. The Morgan fingerprint density at radius 1 is 1.25 bits per heavy atom. The highest BCUT2D eigenvalue weighted by Crippen LogP contribution is 2.37. The summed E-state index contributed by atoms with van der Waals surface area (Å²) >= 11 is 5.21. The molecule has 0 aromatic heterocycles. The van der Waals surface area contributed by atoms with E-state index in [1.165, 1.54) is 32.1 Å². The number of carbonyl (C=O) groups excluding carboxylic acids is 1. The number of thiocarbonyl (C=S) groups is 1.